The molecule has 4 rings (SSSR count). The molecule has 152 valence electrons. The van der Waals surface area contributed by atoms with Crippen molar-refractivity contribution in [3.63, 3.8) is 0 Å². The smallest absolute Gasteiger partial charge is 0.268 e. The standard InChI is InChI=1S/C21H23N3O3S2/c1-3-17(20-9-6-12-28-20)22-21(25)19-13-16(14-23(19)2)29(26,27)24-11-10-15-7-4-5-8-18(15)24/h4-9,12-14,17H,3,10-11H2,1-2H3,(H,22,25)/t17-/m0/s1. The third kappa shape index (κ3) is 3.58. The van der Waals surface area contributed by atoms with Gasteiger partial charge in [-0.05, 0) is 42.0 Å². The molecule has 1 aromatic carbocycles. The zero-order valence-electron chi connectivity index (χ0n) is 16.3. The van der Waals surface area contributed by atoms with E-state index in [0.29, 0.717) is 24.3 Å². The number of hydrogen-bond acceptors (Lipinski definition) is 4. The average Bonchev–Trinajstić information content (AvgIpc) is 3.45. The number of aromatic nitrogens is 1. The Labute approximate surface area is 174 Å². The highest BCUT2D eigenvalue weighted by atomic mass is 32.2. The lowest BCUT2D eigenvalue weighted by molar-refractivity contribution is 0.0928. The Balaban J connectivity index is 1.60. The number of amides is 1. The van der Waals surface area contributed by atoms with Crippen LogP contribution >= 0.6 is 11.3 Å². The van der Waals surface area contributed by atoms with Gasteiger partial charge in [-0.25, -0.2) is 8.42 Å². The van der Waals surface area contributed by atoms with Crippen LogP contribution in [0.1, 0.15) is 40.3 Å². The van der Waals surface area contributed by atoms with Gasteiger partial charge in [0, 0.05) is 24.7 Å². The molecule has 6 nitrogen and oxygen atoms in total. The number of sulfonamides is 1. The van der Waals surface area contributed by atoms with Crippen LogP contribution in [0.15, 0.2) is 58.9 Å². The van der Waals surface area contributed by atoms with Gasteiger partial charge in [0.25, 0.3) is 15.9 Å². The van der Waals surface area contributed by atoms with Crippen molar-refractivity contribution >= 4 is 33.0 Å². The number of para-hydroxylation sites is 1. The van der Waals surface area contributed by atoms with E-state index < -0.39 is 10.0 Å². The highest BCUT2D eigenvalue weighted by molar-refractivity contribution is 7.92. The number of carbonyl (C=O) groups excluding carboxylic acids is 1. The van der Waals surface area contributed by atoms with Gasteiger partial charge >= 0.3 is 0 Å². The second kappa shape index (κ2) is 7.68. The van der Waals surface area contributed by atoms with Gasteiger partial charge in [0.05, 0.1) is 11.7 Å². The van der Waals surface area contributed by atoms with Crippen LogP contribution in [-0.2, 0) is 23.5 Å². The number of aryl methyl sites for hydroxylation is 1. The normalized spacial score (nSPS) is 14.6. The van der Waals surface area contributed by atoms with Crippen LogP contribution in [0.3, 0.4) is 0 Å². The first-order valence-electron chi connectivity index (χ1n) is 9.53. The second-order valence-corrected chi connectivity index (χ2v) is 9.92. The third-order valence-corrected chi connectivity index (χ3v) is 8.01. The maximum Gasteiger partial charge on any atom is 0.268 e. The predicted octanol–water partition coefficient (Wildman–Crippen LogP) is 3.72. The molecular formula is C21H23N3O3S2. The number of thiophene rings is 1. The number of nitrogens with one attached hydrogen (secondary N) is 1. The maximum atomic E-state index is 13.2. The molecule has 1 atom stereocenters. The first-order valence-corrected chi connectivity index (χ1v) is 11.8. The van der Waals surface area contributed by atoms with Crippen molar-refractivity contribution in [3.05, 3.63) is 70.2 Å². The van der Waals surface area contributed by atoms with Crippen LogP contribution < -0.4 is 9.62 Å². The van der Waals surface area contributed by atoms with Crippen molar-refractivity contribution in [3.8, 4) is 0 Å². The molecule has 0 aliphatic carbocycles. The summed E-state index contributed by atoms with van der Waals surface area (Å²) in [5.74, 6) is -0.281. The van der Waals surface area contributed by atoms with E-state index >= 15 is 0 Å². The van der Waals surface area contributed by atoms with E-state index in [4.69, 9.17) is 0 Å². The monoisotopic (exact) mass is 429 g/mol. The third-order valence-electron chi connectivity index (χ3n) is 5.25. The zero-order valence-corrected chi connectivity index (χ0v) is 18.0. The second-order valence-electron chi connectivity index (χ2n) is 7.08. The van der Waals surface area contributed by atoms with Crippen molar-refractivity contribution < 1.29 is 13.2 Å². The Kier molecular flexibility index (Phi) is 5.23. The summed E-state index contributed by atoms with van der Waals surface area (Å²) in [6, 6.07) is 12.8. The molecule has 0 radical (unpaired) electrons. The first kappa shape index (κ1) is 19.7. The van der Waals surface area contributed by atoms with E-state index in [1.54, 1.807) is 23.0 Å². The lowest BCUT2D eigenvalue weighted by Gasteiger charge is -2.18. The van der Waals surface area contributed by atoms with Crippen molar-refractivity contribution in [2.75, 3.05) is 10.8 Å². The van der Waals surface area contributed by atoms with E-state index in [2.05, 4.69) is 5.32 Å². The van der Waals surface area contributed by atoms with Crippen molar-refractivity contribution in [2.24, 2.45) is 7.05 Å². The molecular weight excluding hydrogens is 406 g/mol. The topological polar surface area (TPSA) is 71.4 Å². The predicted molar refractivity (Wildman–Crippen MR) is 115 cm³/mol. The molecule has 3 heterocycles. The fourth-order valence-corrected chi connectivity index (χ4v) is 6.12. The molecule has 1 aliphatic heterocycles. The fraction of sp³-hybridized carbons (Fsp3) is 0.286. The van der Waals surface area contributed by atoms with Gasteiger partial charge in [-0.15, -0.1) is 11.3 Å². The molecule has 1 N–H and O–H groups in total. The number of hydrogen-bond donors (Lipinski definition) is 1. The lowest BCUT2D eigenvalue weighted by Crippen LogP contribution is -2.29. The molecule has 0 fully saturated rings. The van der Waals surface area contributed by atoms with Gasteiger partial charge in [0.2, 0.25) is 0 Å². The van der Waals surface area contributed by atoms with Crippen LogP contribution in [0.2, 0.25) is 0 Å². The summed E-state index contributed by atoms with van der Waals surface area (Å²) >= 11 is 1.59. The minimum Gasteiger partial charge on any atom is -0.345 e. The summed E-state index contributed by atoms with van der Waals surface area (Å²) in [4.78, 5) is 14.1. The quantitative estimate of drug-likeness (QED) is 0.649. The molecule has 2 aromatic heterocycles. The Morgan fingerprint density at radius 2 is 2.03 bits per heavy atom. The van der Waals surface area contributed by atoms with Crippen molar-refractivity contribution in [2.45, 2.75) is 30.7 Å². The van der Waals surface area contributed by atoms with E-state index in [9.17, 15) is 13.2 Å². The number of anilines is 1. The highest BCUT2D eigenvalue weighted by Crippen LogP contribution is 2.33. The molecule has 1 amide bonds. The molecule has 0 spiro atoms. The summed E-state index contributed by atoms with van der Waals surface area (Å²) in [6.07, 6.45) is 2.96. The van der Waals surface area contributed by atoms with Gasteiger partial charge in [0.1, 0.15) is 10.6 Å². The van der Waals surface area contributed by atoms with Crippen LogP contribution in [0.4, 0.5) is 5.69 Å². The van der Waals surface area contributed by atoms with Crippen LogP contribution in [-0.4, -0.2) is 25.4 Å². The lowest BCUT2D eigenvalue weighted by atomic mass is 10.2. The Morgan fingerprint density at radius 3 is 2.76 bits per heavy atom. The summed E-state index contributed by atoms with van der Waals surface area (Å²) in [5.41, 5.74) is 2.06. The van der Waals surface area contributed by atoms with Crippen LogP contribution in [0, 0.1) is 0 Å². The molecule has 1 aliphatic rings. The highest BCUT2D eigenvalue weighted by Gasteiger charge is 2.32. The number of nitrogens with zero attached hydrogens (tertiary/aromatic N) is 2. The minimum absolute atomic E-state index is 0.0945. The van der Waals surface area contributed by atoms with E-state index in [1.165, 1.54) is 16.6 Å². The molecule has 0 unspecified atom stereocenters. The van der Waals surface area contributed by atoms with E-state index in [1.807, 2.05) is 48.7 Å². The number of carbonyl (C=O) groups is 1. The number of rotatable bonds is 6. The van der Waals surface area contributed by atoms with Gasteiger partial charge in [0.15, 0.2) is 0 Å². The van der Waals surface area contributed by atoms with Crippen LogP contribution in [0.5, 0.6) is 0 Å². The summed E-state index contributed by atoms with van der Waals surface area (Å²) in [7, 11) is -2.04. The summed E-state index contributed by atoms with van der Waals surface area (Å²) < 4.78 is 29.5. The molecule has 0 bridgehead atoms. The number of fused-ring (bicyclic) bond motifs is 1. The minimum atomic E-state index is -3.73. The maximum absolute atomic E-state index is 13.2. The molecule has 3 aromatic rings. The van der Waals surface area contributed by atoms with Gasteiger partial charge in [-0.3, -0.25) is 9.10 Å². The van der Waals surface area contributed by atoms with Crippen LogP contribution in [0.25, 0.3) is 0 Å². The molecule has 0 saturated heterocycles. The van der Waals surface area contributed by atoms with E-state index in [0.717, 1.165) is 16.9 Å². The Bertz CT molecular complexity index is 1130. The van der Waals surface area contributed by atoms with Crippen molar-refractivity contribution in [1.82, 2.24) is 9.88 Å². The summed E-state index contributed by atoms with van der Waals surface area (Å²) in [6.45, 7) is 2.42. The van der Waals surface area contributed by atoms with Gasteiger partial charge in [-0.2, -0.15) is 0 Å². The molecule has 8 heteroatoms. The molecule has 29 heavy (non-hydrogen) atoms. The summed E-state index contributed by atoms with van der Waals surface area (Å²) in [5, 5.41) is 5.00. The SMILES string of the molecule is CC[C@H](NC(=O)c1cc(S(=O)(=O)N2CCc3ccccc32)cn1C)c1cccs1. The van der Waals surface area contributed by atoms with E-state index in [-0.39, 0.29) is 16.8 Å². The molecule has 0 saturated carbocycles. The Morgan fingerprint density at radius 1 is 1.24 bits per heavy atom. The van der Waals surface area contributed by atoms with Gasteiger partial charge in [-0.1, -0.05) is 31.2 Å². The van der Waals surface area contributed by atoms with Gasteiger partial charge < -0.3 is 9.88 Å². The number of benzene rings is 1. The fourth-order valence-electron chi connectivity index (χ4n) is 3.68. The van der Waals surface area contributed by atoms with Crippen molar-refractivity contribution in [1.29, 1.82) is 0 Å². The zero-order chi connectivity index (χ0) is 20.6. The Hall–Kier alpha value is -2.58. The first-order chi connectivity index (χ1) is 13.9. The largest absolute Gasteiger partial charge is 0.345 e. The average molecular weight is 430 g/mol.